The van der Waals surface area contributed by atoms with E-state index in [1.54, 1.807) is 7.11 Å². The van der Waals surface area contributed by atoms with Crippen LogP contribution in [-0.2, 0) is 9.53 Å². The van der Waals surface area contributed by atoms with E-state index >= 15 is 0 Å². The smallest absolute Gasteiger partial charge is 0.237 e. The van der Waals surface area contributed by atoms with Crippen molar-refractivity contribution in [2.75, 3.05) is 20.3 Å². The predicted octanol–water partition coefficient (Wildman–Crippen LogP) is 0.798. The molecule has 0 aliphatic heterocycles. The van der Waals surface area contributed by atoms with Crippen molar-refractivity contribution in [2.45, 2.75) is 57.0 Å². The molecule has 5 heteroatoms. The fourth-order valence-corrected chi connectivity index (χ4v) is 2.89. The SMILES string of the molecule is COCCCC(N)C(=O)NC1(CO)CCCC(C)C1. The molecule has 4 N–H and O–H groups in total. The molecule has 3 unspecified atom stereocenters. The van der Waals surface area contributed by atoms with Gasteiger partial charge in [-0.3, -0.25) is 4.79 Å². The molecule has 0 radical (unpaired) electrons. The second-order valence-corrected chi connectivity index (χ2v) is 5.87. The van der Waals surface area contributed by atoms with E-state index in [1.807, 2.05) is 0 Å². The number of carbonyl (C=O) groups excluding carboxylic acids is 1. The number of amides is 1. The van der Waals surface area contributed by atoms with Crippen LogP contribution in [0.1, 0.15) is 45.4 Å². The highest BCUT2D eigenvalue weighted by Gasteiger charge is 2.36. The van der Waals surface area contributed by atoms with Gasteiger partial charge in [-0.2, -0.15) is 0 Å². The van der Waals surface area contributed by atoms with E-state index in [-0.39, 0.29) is 12.5 Å². The summed E-state index contributed by atoms with van der Waals surface area (Å²) < 4.78 is 4.95. The Kier molecular flexibility index (Phi) is 6.75. The van der Waals surface area contributed by atoms with E-state index in [0.717, 1.165) is 32.1 Å². The average molecular weight is 272 g/mol. The van der Waals surface area contributed by atoms with Crippen LogP contribution < -0.4 is 11.1 Å². The van der Waals surface area contributed by atoms with E-state index in [1.165, 1.54) is 0 Å². The molecule has 3 atom stereocenters. The van der Waals surface area contributed by atoms with Crippen molar-refractivity contribution < 1.29 is 14.6 Å². The molecule has 1 fully saturated rings. The maximum Gasteiger partial charge on any atom is 0.237 e. The van der Waals surface area contributed by atoms with E-state index < -0.39 is 11.6 Å². The predicted molar refractivity (Wildman–Crippen MR) is 74.7 cm³/mol. The Morgan fingerprint density at radius 3 is 2.95 bits per heavy atom. The first-order valence-electron chi connectivity index (χ1n) is 7.20. The Bertz CT molecular complexity index is 286. The van der Waals surface area contributed by atoms with Gasteiger partial charge in [0.1, 0.15) is 0 Å². The maximum absolute atomic E-state index is 12.1. The minimum absolute atomic E-state index is 0.00608. The zero-order chi connectivity index (χ0) is 14.3. The summed E-state index contributed by atoms with van der Waals surface area (Å²) in [6.07, 6.45) is 5.26. The minimum atomic E-state index is -0.518. The highest BCUT2D eigenvalue weighted by molar-refractivity contribution is 5.82. The fourth-order valence-electron chi connectivity index (χ4n) is 2.89. The van der Waals surface area contributed by atoms with Crippen molar-refractivity contribution in [3.8, 4) is 0 Å². The Balaban J connectivity index is 2.47. The zero-order valence-electron chi connectivity index (χ0n) is 12.2. The lowest BCUT2D eigenvalue weighted by molar-refractivity contribution is -0.125. The number of nitrogens with one attached hydrogen (secondary N) is 1. The summed E-state index contributed by atoms with van der Waals surface area (Å²) in [5, 5.41) is 12.6. The number of rotatable bonds is 7. The molecule has 19 heavy (non-hydrogen) atoms. The van der Waals surface area contributed by atoms with Crippen LogP contribution in [0.3, 0.4) is 0 Å². The van der Waals surface area contributed by atoms with Crippen LogP contribution in [0.4, 0.5) is 0 Å². The van der Waals surface area contributed by atoms with Crippen LogP contribution in [0.5, 0.6) is 0 Å². The van der Waals surface area contributed by atoms with Gasteiger partial charge in [-0.25, -0.2) is 0 Å². The van der Waals surface area contributed by atoms with Crippen LogP contribution in [-0.4, -0.2) is 42.9 Å². The first-order chi connectivity index (χ1) is 9.03. The van der Waals surface area contributed by atoms with Gasteiger partial charge in [0.2, 0.25) is 5.91 Å². The highest BCUT2D eigenvalue weighted by atomic mass is 16.5. The monoisotopic (exact) mass is 272 g/mol. The molecule has 1 amide bonds. The Morgan fingerprint density at radius 2 is 2.37 bits per heavy atom. The van der Waals surface area contributed by atoms with Gasteiger partial charge in [-0.05, 0) is 31.6 Å². The molecule has 0 aromatic carbocycles. The molecule has 5 nitrogen and oxygen atoms in total. The van der Waals surface area contributed by atoms with Crippen molar-refractivity contribution in [1.29, 1.82) is 0 Å². The van der Waals surface area contributed by atoms with Gasteiger partial charge in [0, 0.05) is 13.7 Å². The third-order valence-electron chi connectivity index (χ3n) is 3.98. The number of ether oxygens (including phenoxy) is 1. The highest BCUT2D eigenvalue weighted by Crippen LogP contribution is 2.32. The molecule has 112 valence electrons. The molecule has 0 spiro atoms. The third kappa shape index (κ3) is 5.09. The summed E-state index contributed by atoms with van der Waals surface area (Å²) in [7, 11) is 1.63. The van der Waals surface area contributed by atoms with Gasteiger partial charge in [-0.15, -0.1) is 0 Å². The lowest BCUT2D eigenvalue weighted by Gasteiger charge is -2.40. The second-order valence-electron chi connectivity index (χ2n) is 5.87. The normalized spacial score (nSPS) is 28.9. The summed E-state index contributed by atoms with van der Waals surface area (Å²) in [4.78, 5) is 12.1. The van der Waals surface area contributed by atoms with Crippen molar-refractivity contribution in [3.63, 3.8) is 0 Å². The van der Waals surface area contributed by atoms with Gasteiger partial charge in [0.05, 0.1) is 18.2 Å². The zero-order valence-corrected chi connectivity index (χ0v) is 12.2. The maximum atomic E-state index is 12.1. The molecule has 0 saturated heterocycles. The molecular weight excluding hydrogens is 244 g/mol. The largest absolute Gasteiger partial charge is 0.394 e. The Morgan fingerprint density at radius 1 is 1.63 bits per heavy atom. The van der Waals surface area contributed by atoms with Crippen LogP contribution in [0.25, 0.3) is 0 Å². The number of aliphatic hydroxyl groups excluding tert-OH is 1. The number of methoxy groups -OCH3 is 1. The van der Waals surface area contributed by atoms with Gasteiger partial charge >= 0.3 is 0 Å². The van der Waals surface area contributed by atoms with Gasteiger partial charge in [-0.1, -0.05) is 19.8 Å². The second kappa shape index (κ2) is 7.82. The molecule has 1 saturated carbocycles. The molecule has 1 aliphatic rings. The van der Waals surface area contributed by atoms with Crippen LogP contribution >= 0.6 is 0 Å². The topological polar surface area (TPSA) is 84.6 Å². The number of nitrogens with two attached hydrogens (primary N) is 1. The van der Waals surface area contributed by atoms with Crippen molar-refractivity contribution >= 4 is 5.91 Å². The first-order valence-corrected chi connectivity index (χ1v) is 7.20. The van der Waals surface area contributed by atoms with Crippen LogP contribution in [0, 0.1) is 5.92 Å². The molecule has 0 bridgehead atoms. The lowest BCUT2D eigenvalue weighted by Crippen LogP contribution is -2.57. The third-order valence-corrected chi connectivity index (χ3v) is 3.98. The van der Waals surface area contributed by atoms with Gasteiger partial charge < -0.3 is 20.9 Å². The summed E-state index contributed by atoms with van der Waals surface area (Å²) in [5.74, 6) is 0.380. The van der Waals surface area contributed by atoms with E-state index in [2.05, 4.69) is 12.2 Å². The standard InChI is InChI=1S/C14H28N2O3/c1-11-5-3-7-14(9-11,10-17)16-13(18)12(15)6-4-8-19-2/h11-12,17H,3-10,15H2,1-2H3,(H,16,18). The van der Waals surface area contributed by atoms with Gasteiger partial charge in [0.15, 0.2) is 0 Å². The van der Waals surface area contributed by atoms with Crippen molar-refractivity contribution in [2.24, 2.45) is 11.7 Å². The molecule has 1 aliphatic carbocycles. The number of aliphatic hydroxyl groups is 1. The minimum Gasteiger partial charge on any atom is -0.394 e. The number of hydrogen-bond acceptors (Lipinski definition) is 4. The van der Waals surface area contributed by atoms with E-state index in [9.17, 15) is 9.90 Å². The molecule has 0 aromatic heterocycles. The lowest BCUT2D eigenvalue weighted by atomic mass is 9.76. The number of hydrogen-bond donors (Lipinski definition) is 3. The van der Waals surface area contributed by atoms with Crippen LogP contribution in [0.2, 0.25) is 0 Å². The van der Waals surface area contributed by atoms with E-state index in [4.69, 9.17) is 10.5 Å². The van der Waals surface area contributed by atoms with Gasteiger partial charge in [0.25, 0.3) is 0 Å². The summed E-state index contributed by atoms with van der Waals surface area (Å²) in [6.45, 7) is 2.77. The molecule has 0 aromatic rings. The van der Waals surface area contributed by atoms with Crippen molar-refractivity contribution in [3.05, 3.63) is 0 Å². The average Bonchev–Trinajstić information content (AvgIpc) is 2.38. The Hall–Kier alpha value is -0.650. The summed E-state index contributed by atoms with van der Waals surface area (Å²) in [5.41, 5.74) is 5.41. The Labute approximate surface area is 115 Å². The molecular formula is C14H28N2O3. The fraction of sp³-hybridized carbons (Fsp3) is 0.929. The first kappa shape index (κ1) is 16.4. The summed E-state index contributed by atoms with van der Waals surface area (Å²) >= 11 is 0. The van der Waals surface area contributed by atoms with E-state index in [0.29, 0.717) is 18.9 Å². The van der Waals surface area contributed by atoms with Crippen molar-refractivity contribution in [1.82, 2.24) is 5.32 Å². The van der Waals surface area contributed by atoms with Crippen LogP contribution in [0.15, 0.2) is 0 Å². The quantitative estimate of drug-likeness (QED) is 0.598. The molecule has 0 heterocycles. The number of carbonyl (C=O) groups is 1. The summed E-state index contributed by atoms with van der Waals surface area (Å²) in [6, 6.07) is -0.518. The molecule has 1 rings (SSSR count).